The van der Waals surface area contributed by atoms with Crippen molar-refractivity contribution in [1.29, 1.82) is 0 Å². The van der Waals surface area contributed by atoms with Crippen molar-refractivity contribution < 1.29 is 5.11 Å². The van der Waals surface area contributed by atoms with E-state index in [1.165, 1.54) is 32.1 Å². The van der Waals surface area contributed by atoms with Crippen molar-refractivity contribution >= 4 is 0 Å². The van der Waals surface area contributed by atoms with Gasteiger partial charge in [-0.3, -0.25) is 0 Å². The maximum Gasteiger partial charge on any atom is 0.0568 e. The quantitative estimate of drug-likeness (QED) is 0.603. The molecule has 0 fully saturated rings. The minimum atomic E-state index is -0.0771. The highest BCUT2D eigenvalue weighted by molar-refractivity contribution is 4.69. The predicted octanol–water partition coefficient (Wildman–Crippen LogP) is 4.39. The first-order valence-corrected chi connectivity index (χ1v) is 6.83. The Kier molecular flexibility index (Phi) is 9.18. The fourth-order valence-electron chi connectivity index (χ4n) is 2.20. The third kappa shape index (κ3) is 6.94. The fraction of sp³-hybridized carbons (Fsp3) is 1.00. The van der Waals surface area contributed by atoms with E-state index >= 15 is 0 Å². The van der Waals surface area contributed by atoms with E-state index in [1.807, 2.05) is 0 Å². The van der Waals surface area contributed by atoms with Crippen LogP contribution >= 0.6 is 0 Å². The van der Waals surface area contributed by atoms with Gasteiger partial charge in [0.1, 0.15) is 0 Å². The van der Waals surface area contributed by atoms with Gasteiger partial charge in [0.05, 0.1) is 6.10 Å². The molecule has 0 aliphatic heterocycles. The molecular formula is C14H30O. The highest BCUT2D eigenvalue weighted by atomic mass is 16.3. The average Bonchev–Trinajstić information content (AvgIpc) is 2.24. The Balaban J connectivity index is 3.83. The van der Waals surface area contributed by atoms with Gasteiger partial charge in [-0.15, -0.1) is 0 Å². The zero-order chi connectivity index (χ0) is 11.7. The molecule has 3 atom stereocenters. The summed E-state index contributed by atoms with van der Waals surface area (Å²) in [5.41, 5.74) is 0. The third-order valence-electron chi connectivity index (χ3n) is 3.52. The Morgan fingerprint density at radius 3 is 2.13 bits per heavy atom. The zero-order valence-corrected chi connectivity index (χ0v) is 11.1. The van der Waals surface area contributed by atoms with Crippen LogP contribution in [0.1, 0.15) is 72.6 Å². The Morgan fingerprint density at radius 1 is 1.00 bits per heavy atom. The lowest BCUT2D eigenvalue weighted by Crippen LogP contribution is -2.21. The molecule has 0 bridgehead atoms. The molecule has 0 radical (unpaired) electrons. The van der Waals surface area contributed by atoms with Crippen LogP contribution in [0.4, 0.5) is 0 Å². The molecular weight excluding hydrogens is 184 g/mol. The van der Waals surface area contributed by atoms with Gasteiger partial charge in [-0.05, 0) is 24.7 Å². The summed E-state index contributed by atoms with van der Waals surface area (Å²) in [7, 11) is 0. The minimum absolute atomic E-state index is 0.0771. The van der Waals surface area contributed by atoms with Crippen molar-refractivity contribution in [2.75, 3.05) is 0 Å². The van der Waals surface area contributed by atoms with Crippen molar-refractivity contribution in [2.24, 2.45) is 11.8 Å². The first-order chi connectivity index (χ1) is 7.15. The number of aliphatic hydroxyl groups is 1. The summed E-state index contributed by atoms with van der Waals surface area (Å²) in [5, 5.41) is 10.0. The molecule has 1 heteroatoms. The zero-order valence-electron chi connectivity index (χ0n) is 11.1. The highest BCUT2D eigenvalue weighted by Crippen LogP contribution is 2.23. The summed E-state index contributed by atoms with van der Waals surface area (Å²) >= 11 is 0. The van der Waals surface area contributed by atoms with E-state index in [0.717, 1.165) is 18.8 Å². The average molecular weight is 214 g/mol. The van der Waals surface area contributed by atoms with Crippen LogP contribution in [0.5, 0.6) is 0 Å². The van der Waals surface area contributed by atoms with E-state index in [4.69, 9.17) is 0 Å². The third-order valence-corrected chi connectivity index (χ3v) is 3.52. The van der Waals surface area contributed by atoms with E-state index in [2.05, 4.69) is 27.7 Å². The van der Waals surface area contributed by atoms with Crippen LogP contribution in [0.2, 0.25) is 0 Å². The Labute approximate surface area is 96.3 Å². The van der Waals surface area contributed by atoms with Crippen molar-refractivity contribution in [1.82, 2.24) is 0 Å². The van der Waals surface area contributed by atoms with Gasteiger partial charge in [0.2, 0.25) is 0 Å². The highest BCUT2D eigenvalue weighted by Gasteiger charge is 2.17. The molecule has 0 heterocycles. The summed E-state index contributed by atoms with van der Waals surface area (Å²) in [5.74, 6) is 1.21. The van der Waals surface area contributed by atoms with Gasteiger partial charge >= 0.3 is 0 Å². The molecule has 1 nitrogen and oxygen atoms in total. The summed E-state index contributed by atoms with van der Waals surface area (Å²) < 4.78 is 0. The summed E-state index contributed by atoms with van der Waals surface area (Å²) in [6.45, 7) is 8.86. The van der Waals surface area contributed by atoms with Crippen LogP contribution in [-0.4, -0.2) is 11.2 Å². The molecule has 0 saturated carbocycles. The second-order valence-corrected chi connectivity index (χ2v) is 4.99. The lowest BCUT2D eigenvalue weighted by atomic mass is 9.87. The normalized spacial score (nSPS) is 17.4. The standard InChI is InChI=1S/C14H30O/c1-5-8-10-13(7-3)11-14(15)12(4)9-6-2/h12-15H,5-11H2,1-4H3. The lowest BCUT2D eigenvalue weighted by molar-refractivity contribution is 0.0820. The van der Waals surface area contributed by atoms with Crippen LogP contribution in [0, 0.1) is 11.8 Å². The molecule has 0 aromatic rings. The molecule has 0 saturated heterocycles. The molecule has 1 N–H and O–H groups in total. The van der Waals surface area contributed by atoms with E-state index < -0.39 is 0 Å². The Morgan fingerprint density at radius 2 is 1.67 bits per heavy atom. The van der Waals surface area contributed by atoms with Crippen LogP contribution < -0.4 is 0 Å². The molecule has 92 valence electrons. The van der Waals surface area contributed by atoms with Crippen LogP contribution in [0.3, 0.4) is 0 Å². The first-order valence-electron chi connectivity index (χ1n) is 6.83. The van der Waals surface area contributed by atoms with Crippen molar-refractivity contribution in [3.8, 4) is 0 Å². The summed E-state index contributed by atoms with van der Waals surface area (Å²) in [6.07, 6.45) is 8.38. The lowest BCUT2D eigenvalue weighted by Gasteiger charge is -2.23. The van der Waals surface area contributed by atoms with Crippen molar-refractivity contribution in [3.05, 3.63) is 0 Å². The number of hydrogen-bond acceptors (Lipinski definition) is 1. The first kappa shape index (κ1) is 15.0. The van der Waals surface area contributed by atoms with Gasteiger partial charge in [-0.2, -0.15) is 0 Å². The van der Waals surface area contributed by atoms with E-state index in [1.54, 1.807) is 0 Å². The second-order valence-electron chi connectivity index (χ2n) is 4.99. The van der Waals surface area contributed by atoms with Gasteiger partial charge in [0, 0.05) is 0 Å². The van der Waals surface area contributed by atoms with Crippen molar-refractivity contribution in [3.63, 3.8) is 0 Å². The Hall–Kier alpha value is -0.0400. The summed E-state index contributed by atoms with van der Waals surface area (Å²) in [4.78, 5) is 0. The molecule has 0 rings (SSSR count). The van der Waals surface area contributed by atoms with Crippen LogP contribution in [0.15, 0.2) is 0 Å². The van der Waals surface area contributed by atoms with Gasteiger partial charge < -0.3 is 5.11 Å². The molecule has 0 spiro atoms. The fourth-order valence-corrected chi connectivity index (χ4v) is 2.20. The second kappa shape index (κ2) is 9.21. The largest absolute Gasteiger partial charge is 0.393 e. The van der Waals surface area contributed by atoms with Crippen molar-refractivity contribution in [2.45, 2.75) is 78.7 Å². The van der Waals surface area contributed by atoms with Gasteiger partial charge in [-0.1, -0.05) is 59.8 Å². The minimum Gasteiger partial charge on any atom is -0.393 e. The number of aliphatic hydroxyl groups excluding tert-OH is 1. The van der Waals surface area contributed by atoms with Gasteiger partial charge in [-0.25, -0.2) is 0 Å². The van der Waals surface area contributed by atoms with E-state index in [9.17, 15) is 5.11 Å². The maximum atomic E-state index is 10.0. The molecule has 0 aliphatic carbocycles. The predicted molar refractivity (Wildman–Crippen MR) is 68.0 cm³/mol. The number of rotatable bonds is 9. The molecule has 0 amide bonds. The smallest absolute Gasteiger partial charge is 0.0568 e. The van der Waals surface area contributed by atoms with Gasteiger partial charge in [0.15, 0.2) is 0 Å². The molecule has 0 aliphatic rings. The van der Waals surface area contributed by atoms with E-state index in [-0.39, 0.29) is 6.10 Å². The molecule has 15 heavy (non-hydrogen) atoms. The maximum absolute atomic E-state index is 10.0. The molecule has 3 unspecified atom stereocenters. The van der Waals surface area contributed by atoms with Gasteiger partial charge in [0.25, 0.3) is 0 Å². The monoisotopic (exact) mass is 214 g/mol. The van der Waals surface area contributed by atoms with E-state index in [0.29, 0.717) is 5.92 Å². The molecule has 0 aromatic carbocycles. The van der Waals surface area contributed by atoms with Crippen LogP contribution in [-0.2, 0) is 0 Å². The summed E-state index contributed by atoms with van der Waals surface area (Å²) in [6, 6.07) is 0. The number of unbranched alkanes of at least 4 members (excludes halogenated alkanes) is 1. The Bertz CT molecular complexity index is 133. The topological polar surface area (TPSA) is 20.2 Å². The number of hydrogen-bond donors (Lipinski definition) is 1. The van der Waals surface area contributed by atoms with Crippen LogP contribution in [0.25, 0.3) is 0 Å². The molecule has 0 aromatic heterocycles. The SMILES string of the molecule is CCCCC(CC)CC(O)C(C)CCC.